The Hall–Kier alpha value is -2.20. The molecule has 0 aromatic rings. The molecule has 2 atom stereocenters. The fourth-order valence-electron chi connectivity index (χ4n) is 4.16. The van der Waals surface area contributed by atoms with Crippen LogP contribution in [0.2, 0.25) is 0 Å². The van der Waals surface area contributed by atoms with Gasteiger partial charge in [0.15, 0.2) is 0 Å². The van der Waals surface area contributed by atoms with Crippen molar-refractivity contribution in [2.45, 2.75) is 141 Å². The Kier molecular flexibility index (Phi) is 22.7. The summed E-state index contributed by atoms with van der Waals surface area (Å²) in [6.07, 6.45) is 17.6. The van der Waals surface area contributed by atoms with Gasteiger partial charge in [0.25, 0.3) is 0 Å². The van der Waals surface area contributed by atoms with E-state index < -0.39 is 24.0 Å². The van der Waals surface area contributed by atoms with Gasteiger partial charge in [0.2, 0.25) is 17.7 Å². The number of carbonyl (C=O) groups is 4. The summed E-state index contributed by atoms with van der Waals surface area (Å²) >= 11 is 0. The second kappa shape index (κ2) is 24.2. The Labute approximate surface area is 222 Å². The summed E-state index contributed by atoms with van der Waals surface area (Å²) < 4.78 is 0. The van der Waals surface area contributed by atoms with E-state index in [4.69, 9.17) is 10.9 Å². The van der Waals surface area contributed by atoms with Gasteiger partial charge in [0, 0.05) is 19.4 Å². The molecule has 0 radical (unpaired) electrons. The fourth-order valence-corrected chi connectivity index (χ4v) is 4.16. The van der Waals surface area contributed by atoms with Gasteiger partial charge in [-0.25, -0.2) is 4.79 Å². The lowest BCUT2D eigenvalue weighted by Crippen LogP contribution is -2.41. The maximum atomic E-state index is 12.1. The molecule has 216 valence electrons. The second-order valence-electron chi connectivity index (χ2n) is 9.92. The van der Waals surface area contributed by atoms with Gasteiger partial charge < -0.3 is 26.7 Å². The summed E-state index contributed by atoms with van der Waals surface area (Å²) in [6.45, 7) is 2.60. The van der Waals surface area contributed by atoms with Crippen LogP contribution in [0.4, 0.5) is 0 Å². The monoisotopic (exact) mass is 528 g/mol. The van der Waals surface area contributed by atoms with Gasteiger partial charge in [-0.05, 0) is 32.1 Å². The Morgan fingerprint density at radius 1 is 0.676 bits per heavy atom. The Morgan fingerprint density at radius 2 is 1.22 bits per heavy atom. The molecule has 0 spiro atoms. The average Bonchev–Trinajstić information content (AvgIpc) is 2.86. The van der Waals surface area contributed by atoms with Gasteiger partial charge in [-0.1, -0.05) is 84.0 Å². The molecule has 10 nitrogen and oxygen atoms in total. The highest BCUT2D eigenvalue weighted by Gasteiger charge is 2.20. The van der Waals surface area contributed by atoms with Crippen LogP contribution in [0.15, 0.2) is 0 Å². The molecule has 7 N–H and O–H groups in total. The van der Waals surface area contributed by atoms with E-state index in [1.165, 1.54) is 64.2 Å². The van der Waals surface area contributed by atoms with E-state index >= 15 is 0 Å². The van der Waals surface area contributed by atoms with Crippen LogP contribution in [-0.2, 0) is 19.2 Å². The molecule has 0 aromatic heterocycles. The van der Waals surface area contributed by atoms with Gasteiger partial charge in [-0.15, -0.1) is 0 Å². The third-order valence-electron chi connectivity index (χ3n) is 6.54. The van der Waals surface area contributed by atoms with E-state index in [1.54, 1.807) is 0 Å². The van der Waals surface area contributed by atoms with E-state index in [2.05, 4.69) is 17.6 Å². The number of amides is 3. The third kappa shape index (κ3) is 21.6. The van der Waals surface area contributed by atoms with Crippen molar-refractivity contribution in [3.8, 4) is 0 Å². The van der Waals surface area contributed by atoms with Gasteiger partial charge >= 0.3 is 5.97 Å². The topological polar surface area (TPSA) is 171 Å². The zero-order valence-electron chi connectivity index (χ0n) is 22.9. The van der Waals surface area contributed by atoms with Gasteiger partial charge in [-0.3, -0.25) is 14.4 Å². The predicted molar refractivity (Wildman–Crippen MR) is 144 cm³/mol. The molecule has 0 fully saturated rings. The predicted octanol–water partition coefficient (Wildman–Crippen LogP) is 3.94. The molecule has 0 saturated heterocycles. The normalized spacial score (nSPS) is 12.6. The Bertz CT molecular complexity index is 632. The van der Waals surface area contributed by atoms with Crippen molar-refractivity contribution >= 4 is 23.7 Å². The zero-order chi connectivity index (χ0) is 27.7. The van der Waals surface area contributed by atoms with Crippen LogP contribution < -0.4 is 21.8 Å². The van der Waals surface area contributed by atoms with Crippen molar-refractivity contribution in [3.63, 3.8) is 0 Å². The number of carbonyl (C=O) groups excluding carboxylic acids is 3. The van der Waals surface area contributed by atoms with E-state index in [0.29, 0.717) is 32.2 Å². The Balaban J connectivity index is 3.82. The number of aliphatic carboxylic acids is 1. The van der Waals surface area contributed by atoms with Crippen LogP contribution in [0.5, 0.6) is 0 Å². The van der Waals surface area contributed by atoms with Crippen LogP contribution in [0.3, 0.4) is 0 Å². The molecular weight excluding hydrogens is 476 g/mol. The van der Waals surface area contributed by atoms with Crippen molar-refractivity contribution in [2.75, 3.05) is 6.54 Å². The van der Waals surface area contributed by atoms with Crippen LogP contribution in [-0.4, -0.2) is 52.6 Å². The lowest BCUT2D eigenvalue weighted by atomic mass is 10.0. The number of hydroxylamine groups is 1. The largest absolute Gasteiger partial charge is 0.480 e. The van der Waals surface area contributed by atoms with Crippen molar-refractivity contribution < 1.29 is 29.5 Å². The van der Waals surface area contributed by atoms with Crippen molar-refractivity contribution in [1.82, 2.24) is 16.1 Å². The first-order chi connectivity index (χ1) is 17.8. The number of hydrogen-bond acceptors (Lipinski definition) is 6. The number of unbranched alkanes of at least 4 members (excludes halogenated alkanes) is 13. The van der Waals surface area contributed by atoms with Crippen LogP contribution in [0, 0.1) is 0 Å². The summed E-state index contributed by atoms with van der Waals surface area (Å²) in [7, 11) is 0. The SMILES string of the molecule is CCCCCCCCCCCCCCCC(=O)NC(CCC(=O)NCCCCC(NO)C(N)=O)C(=O)O. The summed E-state index contributed by atoms with van der Waals surface area (Å²) in [5.74, 6) is -2.40. The van der Waals surface area contributed by atoms with Crippen LogP contribution in [0.25, 0.3) is 0 Å². The first-order valence-electron chi connectivity index (χ1n) is 14.3. The number of carboxylic acids is 1. The quantitative estimate of drug-likeness (QED) is 0.0729. The van der Waals surface area contributed by atoms with E-state index in [1.807, 2.05) is 5.48 Å². The standard InChI is InChI=1S/C27H52N4O6/c1-2-3-4-5-6-7-8-9-10-11-12-13-14-18-25(33)30-23(27(35)36)19-20-24(32)29-21-16-15-17-22(31-37)26(28)34/h22-23,31,37H,2-21H2,1H3,(H2,28,34)(H,29,32)(H,30,33)(H,35,36). The average molecular weight is 529 g/mol. The van der Waals surface area contributed by atoms with Gasteiger partial charge in [0.1, 0.15) is 12.1 Å². The lowest BCUT2D eigenvalue weighted by Gasteiger charge is -2.14. The maximum absolute atomic E-state index is 12.1. The molecule has 37 heavy (non-hydrogen) atoms. The second-order valence-corrected chi connectivity index (χ2v) is 9.92. The summed E-state index contributed by atoms with van der Waals surface area (Å²) in [5.41, 5.74) is 6.95. The molecule has 0 aliphatic rings. The maximum Gasteiger partial charge on any atom is 0.326 e. The molecule has 0 bridgehead atoms. The molecule has 0 rings (SSSR count). The van der Waals surface area contributed by atoms with Crippen molar-refractivity contribution in [1.29, 1.82) is 0 Å². The van der Waals surface area contributed by atoms with Crippen molar-refractivity contribution in [2.24, 2.45) is 5.73 Å². The molecule has 0 saturated carbocycles. The number of nitrogens with two attached hydrogens (primary N) is 1. The lowest BCUT2D eigenvalue weighted by molar-refractivity contribution is -0.142. The van der Waals surface area contributed by atoms with E-state index in [0.717, 1.165) is 19.3 Å². The highest BCUT2D eigenvalue weighted by Crippen LogP contribution is 2.13. The van der Waals surface area contributed by atoms with Crippen molar-refractivity contribution in [3.05, 3.63) is 0 Å². The minimum absolute atomic E-state index is 0.0158. The number of hydrogen-bond donors (Lipinski definition) is 6. The molecule has 3 amide bonds. The Morgan fingerprint density at radius 3 is 1.70 bits per heavy atom. The number of primary amides is 1. The molecule has 0 aliphatic heterocycles. The first-order valence-corrected chi connectivity index (χ1v) is 14.3. The molecule has 2 unspecified atom stereocenters. The summed E-state index contributed by atoms with van der Waals surface area (Å²) in [4.78, 5) is 46.6. The minimum atomic E-state index is -1.15. The highest BCUT2D eigenvalue weighted by molar-refractivity contribution is 5.84. The molecular formula is C27H52N4O6. The smallest absolute Gasteiger partial charge is 0.326 e. The van der Waals surface area contributed by atoms with Gasteiger partial charge in [-0.2, -0.15) is 5.48 Å². The van der Waals surface area contributed by atoms with Crippen LogP contribution >= 0.6 is 0 Å². The third-order valence-corrected chi connectivity index (χ3v) is 6.54. The minimum Gasteiger partial charge on any atom is -0.480 e. The van der Waals surface area contributed by atoms with Crippen LogP contribution in [0.1, 0.15) is 129 Å². The fraction of sp³-hybridized carbons (Fsp3) is 0.852. The first kappa shape index (κ1) is 34.8. The van der Waals surface area contributed by atoms with Gasteiger partial charge in [0.05, 0.1) is 0 Å². The highest BCUT2D eigenvalue weighted by atomic mass is 16.5. The number of nitrogens with one attached hydrogen (secondary N) is 3. The number of rotatable bonds is 26. The molecule has 0 aliphatic carbocycles. The van der Waals surface area contributed by atoms with E-state index in [9.17, 15) is 24.3 Å². The summed E-state index contributed by atoms with van der Waals surface area (Å²) in [5, 5.41) is 23.4. The number of carboxylic acid groups (broad SMARTS) is 1. The molecule has 0 aromatic carbocycles. The molecule has 10 heteroatoms. The molecule has 0 heterocycles. The van der Waals surface area contributed by atoms with E-state index in [-0.39, 0.29) is 24.7 Å². The zero-order valence-corrected chi connectivity index (χ0v) is 22.9. The summed E-state index contributed by atoms with van der Waals surface area (Å²) in [6, 6.07) is -1.91.